The van der Waals surface area contributed by atoms with E-state index in [1.165, 1.54) is 5.56 Å². The van der Waals surface area contributed by atoms with Crippen LogP contribution in [-0.2, 0) is 16.1 Å². The van der Waals surface area contributed by atoms with Gasteiger partial charge in [-0.2, -0.15) is 0 Å². The Morgan fingerprint density at radius 2 is 2.06 bits per heavy atom. The summed E-state index contributed by atoms with van der Waals surface area (Å²) in [6.07, 6.45) is 2.18. The van der Waals surface area contributed by atoms with E-state index in [0.717, 1.165) is 19.3 Å². The number of ether oxygens (including phenoxy) is 2. The van der Waals surface area contributed by atoms with Crippen LogP contribution >= 0.6 is 0 Å². The van der Waals surface area contributed by atoms with Gasteiger partial charge in [-0.05, 0) is 30.7 Å². The molecule has 3 atom stereocenters. The summed E-state index contributed by atoms with van der Waals surface area (Å²) in [6.45, 7) is 3.49. The quantitative estimate of drug-likeness (QED) is 0.817. The minimum Gasteiger partial charge on any atom is -0.377 e. The van der Waals surface area contributed by atoms with E-state index in [2.05, 4.69) is 19.1 Å². The maximum Gasteiger partial charge on any atom is 0.154 e. The fraction of sp³-hybridized carbons (Fsp3) is 0.600. The van der Waals surface area contributed by atoms with Gasteiger partial charge < -0.3 is 14.6 Å². The Morgan fingerprint density at radius 3 is 2.83 bits per heavy atom. The van der Waals surface area contributed by atoms with Gasteiger partial charge in [0, 0.05) is 6.61 Å². The van der Waals surface area contributed by atoms with Crippen molar-refractivity contribution in [2.75, 3.05) is 6.61 Å². The third-order valence-electron chi connectivity index (χ3n) is 3.49. The van der Waals surface area contributed by atoms with E-state index in [1.54, 1.807) is 0 Å². The van der Waals surface area contributed by atoms with Crippen LogP contribution in [0.5, 0.6) is 0 Å². The van der Waals surface area contributed by atoms with E-state index < -0.39 is 6.29 Å². The van der Waals surface area contributed by atoms with E-state index in [0.29, 0.717) is 19.1 Å². The van der Waals surface area contributed by atoms with Gasteiger partial charge in [0.2, 0.25) is 0 Å². The zero-order valence-corrected chi connectivity index (χ0v) is 10.9. The molecule has 1 aromatic rings. The first-order chi connectivity index (χ1) is 8.75. The van der Waals surface area contributed by atoms with Crippen LogP contribution in [0.2, 0.25) is 0 Å². The van der Waals surface area contributed by atoms with Crippen molar-refractivity contribution >= 4 is 0 Å². The summed E-state index contributed by atoms with van der Waals surface area (Å²) in [5.74, 6) is 0.508. The molecule has 1 aliphatic rings. The van der Waals surface area contributed by atoms with Gasteiger partial charge in [0.1, 0.15) is 0 Å². The van der Waals surface area contributed by atoms with Crippen LogP contribution in [0.4, 0.5) is 0 Å². The van der Waals surface area contributed by atoms with E-state index in [9.17, 15) is 5.11 Å². The Hall–Kier alpha value is -0.900. The van der Waals surface area contributed by atoms with Crippen LogP contribution in [0.25, 0.3) is 0 Å². The van der Waals surface area contributed by atoms with Crippen molar-refractivity contribution in [1.29, 1.82) is 0 Å². The third kappa shape index (κ3) is 4.09. The molecule has 1 aromatic carbocycles. The lowest BCUT2D eigenvalue weighted by Gasteiger charge is -2.32. The van der Waals surface area contributed by atoms with E-state index in [4.69, 9.17) is 9.47 Å². The molecule has 0 aromatic heterocycles. The number of hydrogen-bond donors (Lipinski definition) is 1. The van der Waals surface area contributed by atoms with E-state index in [1.807, 2.05) is 18.2 Å². The summed E-state index contributed by atoms with van der Waals surface area (Å²) in [7, 11) is 0. The number of rotatable bonds is 5. The van der Waals surface area contributed by atoms with Crippen molar-refractivity contribution in [1.82, 2.24) is 0 Å². The first-order valence-corrected chi connectivity index (χ1v) is 6.71. The second-order valence-corrected chi connectivity index (χ2v) is 5.01. The number of hydrogen-bond acceptors (Lipinski definition) is 3. The molecule has 1 aliphatic heterocycles. The molecule has 1 heterocycles. The lowest BCUT2D eigenvalue weighted by Crippen LogP contribution is -2.34. The SMILES string of the molecule is C[C@H]1CCC(O)O[C@H]1CCOCc1ccccc1. The fourth-order valence-corrected chi connectivity index (χ4v) is 2.31. The molecule has 0 saturated carbocycles. The molecule has 3 nitrogen and oxygen atoms in total. The maximum atomic E-state index is 9.47. The molecule has 1 unspecified atom stereocenters. The molecule has 100 valence electrons. The Morgan fingerprint density at radius 1 is 1.28 bits per heavy atom. The Labute approximate surface area is 109 Å². The summed E-state index contributed by atoms with van der Waals surface area (Å²) in [5, 5.41) is 9.47. The summed E-state index contributed by atoms with van der Waals surface area (Å²) >= 11 is 0. The average molecular weight is 250 g/mol. The van der Waals surface area contributed by atoms with Crippen molar-refractivity contribution in [3.8, 4) is 0 Å². The van der Waals surface area contributed by atoms with Crippen molar-refractivity contribution in [3.63, 3.8) is 0 Å². The predicted molar refractivity (Wildman–Crippen MR) is 70.0 cm³/mol. The lowest BCUT2D eigenvalue weighted by atomic mass is 9.94. The molecular formula is C15H22O3. The van der Waals surface area contributed by atoms with E-state index >= 15 is 0 Å². The molecule has 2 rings (SSSR count). The van der Waals surface area contributed by atoms with Gasteiger partial charge in [0.15, 0.2) is 6.29 Å². The first kappa shape index (κ1) is 13.5. The van der Waals surface area contributed by atoms with Gasteiger partial charge in [-0.1, -0.05) is 37.3 Å². The smallest absolute Gasteiger partial charge is 0.154 e. The maximum absolute atomic E-state index is 9.47. The summed E-state index contributed by atoms with van der Waals surface area (Å²) in [5.41, 5.74) is 1.19. The van der Waals surface area contributed by atoms with E-state index in [-0.39, 0.29) is 6.10 Å². The first-order valence-electron chi connectivity index (χ1n) is 6.71. The minimum atomic E-state index is -0.583. The van der Waals surface area contributed by atoms with Gasteiger partial charge in [0.05, 0.1) is 12.7 Å². The normalized spacial score (nSPS) is 28.2. The number of aliphatic hydroxyl groups excluding tert-OH is 1. The lowest BCUT2D eigenvalue weighted by molar-refractivity contribution is -0.184. The zero-order valence-electron chi connectivity index (χ0n) is 10.9. The van der Waals surface area contributed by atoms with Crippen molar-refractivity contribution in [2.45, 2.75) is 45.2 Å². The molecule has 0 radical (unpaired) electrons. The van der Waals surface area contributed by atoms with Crippen LogP contribution in [-0.4, -0.2) is 24.1 Å². The van der Waals surface area contributed by atoms with Crippen LogP contribution < -0.4 is 0 Å². The second kappa shape index (κ2) is 6.88. The molecule has 0 amide bonds. The third-order valence-corrected chi connectivity index (χ3v) is 3.49. The fourth-order valence-electron chi connectivity index (χ4n) is 2.31. The molecule has 0 spiro atoms. The minimum absolute atomic E-state index is 0.129. The highest BCUT2D eigenvalue weighted by Crippen LogP contribution is 2.25. The molecule has 0 bridgehead atoms. The van der Waals surface area contributed by atoms with Gasteiger partial charge in [-0.3, -0.25) is 0 Å². The largest absolute Gasteiger partial charge is 0.377 e. The van der Waals surface area contributed by atoms with Crippen LogP contribution in [0, 0.1) is 5.92 Å². The summed E-state index contributed by atoms with van der Waals surface area (Å²) in [4.78, 5) is 0. The molecule has 1 N–H and O–H groups in total. The molecule has 1 fully saturated rings. The van der Waals surface area contributed by atoms with Crippen LogP contribution in [0.3, 0.4) is 0 Å². The zero-order chi connectivity index (χ0) is 12.8. The molecule has 18 heavy (non-hydrogen) atoms. The monoisotopic (exact) mass is 250 g/mol. The second-order valence-electron chi connectivity index (χ2n) is 5.01. The molecular weight excluding hydrogens is 228 g/mol. The van der Waals surface area contributed by atoms with Gasteiger partial charge in [-0.25, -0.2) is 0 Å². The molecule has 3 heteroatoms. The molecule has 0 aliphatic carbocycles. The number of aliphatic hydroxyl groups is 1. The van der Waals surface area contributed by atoms with Crippen molar-refractivity contribution in [2.24, 2.45) is 5.92 Å². The van der Waals surface area contributed by atoms with Gasteiger partial charge in [0.25, 0.3) is 0 Å². The predicted octanol–water partition coefficient (Wildman–Crippen LogP) is 2.73. The highest BCUT2D eigenvalue weighted by atomic mass is 16.6. The van der Waals surface area contributed by atoms with Gasteiger partial charge >= 0.3 is 0 Å². The Balaban J connectivity index is 1.66. The Kier molecular flexibility index (Phi) is 5.17. The van der Waals surface area contributed by atoms with Crippen molar-refractivity contribution in [3.05, 3.63) is 35.9 Å². The Bertz CT molecular complexity index is 339. The number of benzene rings is 1. The highest BCUT2D eigenvalue weighted by molar-refractivity contribution is 5.13. The summed E-state index contributed by atoms with van der Waals surface area (Å²) < 4.78 is 11.2. The van der Waals surface area contributed by atoms with Gasteiger partial charge in [-0.15, -0.1) is 0 Å². The van der Waals surface area contributed by atoms with Crippen molar-refractivity contribution < 1.29 is 14.6 Å². The average Bonchev–Trinajstić information content (AvgIpc) is 2.40. The standard InChI is InChI=1S/C15H22O3/c1-12-7-8-15(16)18-14(12)9-10-17-11-13-5-3-2-4-6-13/h2-6,12,14-16H,7-11H2,1H3/t12-,14-,15?/m0/s1. The highest BCUT2D eigenvalue weighted by Gasteiger charge is 2.26. The topological polar surface area (TPSA) is 38.7 Å². The molecule has 1 saturated heterocycles. The van der Waals surface area contributed by atoms with Crippen LogP contribution in [0.1, 0.15) is 31.7 Å². The van der Waals surface area contributed by atoms with Crippen LogP contribution in [0.15, 0.2) is 30.3 Å². The summed E-state index contributed by atoms with van der Waals surface area (Å²) in [6, 6.07) is 10.2.